The Balaban J connectivity index is 1.22. The van der Waals surface area contributed by atoms with Crippen LogP contribution in [0, 0.1) is 12.8 Å². The third kappa shape index (κ3) is 4.53. The maximum atomic E-state index is 12.5. The molecule has 1 unspecified atom stereocenters. The number of fused-ring (bicyclic) bond motifs is 1. The summed E-state index contributed by atoms with van der Waals surface area (Å²) in [5.74, 6) is 0.798. The lowest BCUT2D eigenvalue weighted by Gasteiger charge is -2.16. The van der Waals surface area contributed by atoms with Crippen LogP contribution in [0.5, 0.6) is 0 Å². The number of para-hydroxylation sites is 2. The third-order valence-electron chi connectivity index (χ3n) is 5.80. The molecule has 156 valence electrons. The van der Waals surface area contributed by atoms with Crippen molar-refractivity contribution >= 4 is 22.8 Å². The molecule has 6 nitrogen and oxygen atoms in total. The van der Waals surface area contributed by atoms with E-state index < -0.39 is 0 Å². The topological polar surface area (TPSA) is 67.2 Å². The van der Waals surface area contributed by atoms with Crippen LogP contribution in [0.2, 0.25) is 0 Å². The zero-order valence-corrected chi connectivity index (χ0v) is 17.4. The Bertz CT molecular complexity index is 1030. The van der Waals surface area contributed by atoms with Crippen molar-refractivity contribution in [3.63, 3.8) is 0 Å². The predicted molar refractivity (Wildman–Crippen MR) is 117 cm³/mol. The minimum absolute atomic E-state index is 0.0160. The molecule has 1 N–H and O–H groups in total. The number of imidazole rings is 1. The minimum Gasteiger partial charge on any atom is -0.356 e. The van der Waals surface area contributed by atoms with Gasteiger partial charge in [0.15, 0.2) is 0 Å². The highest BCUT2D eigenvalue weighted by atomic mass is 16.2. The van der Waals surface area contributed by atoms with Gasteiger partial charge in [-0.3, -0.25) is 9.59 Å². The maximum Gasteiger partial charge on any atom is 0.225 e. The zero-order valence-electron chi connectivity index (χ0n) is 17.4. The Labute approximate surface area is 176 Å². The molecule has 0 aliphatic carbocycles. The Kier molecular flexibility index (Phi) is 6.12. The number of carbonyl (C=O) groups excluding carboxylic acids is 2. The van der Waals surface area contributed by atoms with Gasteiger partial charge in [0.2, 0.25) is 11.8 Å². The maximum absolute atomic E-state index is 12.5. The van der Waals surface area contributed by atoms with Gasteiger partial charge in [-0.15, -0.1) is 0 Å². The van der Waals surface area contributed by atoms with E-state index >= 15 is 0 Å². The second-order valence-electron chi connectivity index (χ2n) is 7.92. The van der Waals surface area contributed by atoms with Crippen molar-refractivity contribution in [1.82, 2.24) is 19.8 Å². The Morgan fingerprint density at radius 2 is 1.87 bits per heavy atom. The van der Waals surface area contributed by atoms with Gasteiger partial charge >= 0.3 is 0 Å². The molecule has 2 aromatic carbocycles. The highest BCUT2D eigenvalue weighted by Gasteiger charge is 2.33. The summed E-state index contributed by atoms with van der Waals surface area (Å²) in [7, 11) is 0. The van der Waals surface area contributed by atoms with Crippen LogP contribution in [-0.4, -0.2) is 45.9 Å². The van der Waals surface area contributed by atoms with Crippen LogP contribution < -0.4 is 5.32 Å². The van der Waals surface area contributed by atoms with Crippen molar-refractivity contribution in [2.75, 3.05) is 19.6 Å². The summed E-state index contributed by atoms with van der Waals surface area (Å²) in [6.45, 7) is 4.59. The first kappa shape index (κ1) is 20.1. The molecular weight excluding hydrogens is 376 g/mol. The number of likely N-dealkylation sites (tertiary alicyclic amines) is 1. The lowest BCUT2D eigenvalue weighted by Crippen LogP contribution is -2.34. The smallest absolute Gasteiger partial charge is 0.225 e. The SMILES string of the molecule is Cc1nc2ccccc2n1CCCNC(=O)C1CC(=O)N(CCc2ccccc2)C1. The molecular formula is C24H28N4O2. The van der Waals surface area contributed by atoms with Crippen LogP contribution >= 0.6 is 0 Å². The van der Waals surface area contributed by atoms with Crippen LogP contribution in [0.15, 0.2) is 54.6 Å². The molecule has 3 aromatic rings. The summed E-state index contributed by atoms with van der Waals surface area (Å²) >= 11 is 0. The lowest BCUT2D eigenvalue weighted by molar-refractivity contribution is -0.129. The molecule has 1 aromatic heterocycles. The number of aryl methyl sites for hydroxylation is 2. The van der Waals surface area contributed by atoms with E-state index in [-0.39, 0.29) is 17.7 Å². The summed E-state index contributed by atoms with van der Waals surface area (Å²) in [5.41, 5.74) is 3.33. The van der Waals surface area contributed by atoms with E-state index in [0.717, 1.165) is 36.2 Å². The monoisotopic (exact) mass is 404 g/mol. The highest BCUT2D eigenvalue weighted by Crippen LogP contribution is 2.19. The second kappa shape index (κ2) is 9.11. The molecule has 1 atom stereocenters. The van der Waals surface area contributed by atoms with Gasteiger partial charge in [0.05, 0.1) is 17.0 Å². The minimum atomic E-state index is -0.246. The molecule has 0 bridgehead atoms. The van der Waals surface area contributed by atoms with Crippen molar-refractivity contribution in [1.29, 1.82) is 0 Å². The average molecular weight is 405 g/mol. The van der Waals surface area contributed by atoms with Crippen LogP contribution in [0.1, 0.15) is 24.2 Å². The molecule has 0 spiro atoms. The van der Waals surface area contributed by atoms with Crippen molar-refractivity contribution in [2.24, 2.45) is 5.92 Å². The Morgan fingerprint density at radius 1 is 1.10 bits per heavy atom. The number of amides is 2. The molecule has 2 heterocycles. The van der Waals surface area contributed by atoms with Crippen LogP contribution in [0.25, 0.3) is 11.0 Å². The quantitative estimate of drug-likeness (QED) is 0.587. The van der Waals surface area contributed by atoms with E-state index in [4.69, 9.17) is 0 Å². The fourth-order valence-electron chi connectivity index (χ4n) is 4.14. The van der Waals surface area contributed by atoms with Crippen LogP contribution in [0.4, 0.5) is 0 Å². The zero-order chi connectivity index (χ0) is 20.9. The number of aromatic nitrogens is 2. The molecule has 1 aliphatic heterocycles. The first-order valence-electron chi connectivity index (χ1n) is 10.6. The van der Waals surface area contributed by atoms with E-state index in [9.17, 15) is 9.59 Å². The predicted octanol–water partition coefficient (Wildman–Crippen LogP) is 2.94. The first-order chi connectivity index (χ1) is 14.6. The van der Waals surface area contributed by atoms with Crippen molar-refractivity contribution in [2.45, 2.75) is 32.7 Å². The number of rotatable bonds is 8. The Hall–Kier alpha value is -3.15. The Morgan fingerprint density at radius 3 is 2.70 bits per heavy atom. The molecule has 30 heavy (non-hydrogen) atoms. The van der Waals surface area contributed by atoms with Crippen molar-refractivity contribution in [3.05, 3.63) is 66.0 Å². The van der Waals surface area contributed by atoms with Gasteiger partial charge in [-0.25, -0.2) is 4.98 Å². The van der Waals surface area contributed by atoms with E-state index in [2.05, 4.69) is 33.1 Å². The fraction of sp³-hybridized carbons (Fsp3) is 0.375. The number of nitrogens with zero attached hydrogens (tertiary/aromatic N) is 3. The molecule has 4 rings (SSSR count). The van der Waals surface area contributed by atoms with E-state index in [1.807, 2.05) is 48.2 Å². The molecule has 2 amide bonds. The van der Waals surface area contributed by atoms with Gasteiger partial charge in [0.25, 0.3) is 0 Å². The number of carbonyl (C=O) groups is 2. The first-order valence-corrected chi connectivity index (χ1v) is 10.6. The fourth-order valence-corrected chi connectivity index (χ4v) is 4.14. The van der Waals surface area contributed by atoms with Gasteiger partial charge in [0.1, 0.15) is 5.82 Å². The molecule has 1 fully saturated rings. The van der Waals surface area contributed by atoms with Gasteiger partial charge in [0, 0.05) is 32.6 Å². The summed E-state index contributed by atoms with van der Waals surface area (Å²) in [6, 6.07) is 18.2. The normalized spacial score (nSPS) is 16.4. The number of hydrogen-bond acceptors (Lipinski definition) is 3. The molecule has 1 saturated heterocycles. The van der Waals surface area contributed by atoms with Crippen molar-refractivity contribution < 1.29 is 9.59 Å². The molecule has 1 aliphatic rings. The summed E-state index contributed by atoms with van der Waals surface area (Å²) in [5, 5.41) is 3.02. The lowest BCUT2D eigenvalue weighted by atomic mass is 10.1. The second-order valence-corrected chi connectivity index (χ2v) is 7.92. The summed E-state index contributed by atoms with van der Waals surface area (Å²) in [6.07, 6.45) is 1.95. The van der Waals surface area contributed by atoms with E-state index in [1.54, 1.807) is 0 Å². The highest BCUT2D eigenvalue weighted by molar-refractivity contribution is 5.89. The van der Waals surface area contributed by atoms with E-state index in [1.165, 1.54) is 5.56 Å². The van der Waals surface area contributed by atoms with Crippen molar-refractivity contribution in [3.8, 4) is 0 Å². The summed E-state index contributed by atoms with van der Waals surface area (Å²) < 4.78 is 2.19. The number of nitrogens with one attached hydrogen (secondary N) is 1. The van der Waals surface area contributed by atoms with Crippen LogP contribution in [0.3, 0.4) is 0 Å². The third-order valence-corrected chi connectivity index (χ3v) is 5.80. The van der Waals surface area contributed by atoms with Crippen LogP contribution in [-0.2, 0) is 22.6 Å². The van der Waals surface area contributed by atoms with Gasteiger partial charge < -0.3 is 14.8 Å². The molecule has 6 heteroatoms. The number of hydrogen-bond donors (Lipinski definition) is 1. The van der Waals surface area contributed by atoms with Gasteiger partial charge in [-0.1, -0.05) is 42.5 Å². The molecule has 0 radical (unpaired) electrons. The largest absolute Gasteiger partial charge is 0.356 e. The van der Waals surface area contributed by atoms with Gasteiger partial charge in [-0.05, 0) is 37.5 Å². The number of benzene rings is 2. The average Bonchev–Trinajstić information content (AvgIpc) is 3.29. The van der Waals surface area contributed by atoms with Gasteiger partial charge in [-0.2, -0.15) is 0 Å². The molecule has 0 saturated carbocycles. The summed E-state index contributed by atoms with van der Waals surface area (Å²) in [4.78, 5) is 31.2. The standard InChI is InChI=1S/C24H28N4O2/c1-18-26-21-10-5-6-11-22(21)28(18)14-7-13-25-24(30)20-16-23(29)27(17-20)15-12-19-8-3-2-4-9-19/h2-6,8-11,20H,7,12-17H2,1H3,(H,25,30). The van der Waals surface area contributed by atoms with E-state index in [0.29, 0.717) is 26.1 Å².